The number of ether oxygens (including phenoxy) is 1. The summed E-state index contributed by atoms with van der Waals surface area (Å²) in [6, 6.07) is 14.9. The molecule has 0 saturated carbocycles. The van der Waals surface area contributed by atoms with Crippen LogP contribution in [0.2, 0.25) is 0 Å². The third kappa shape index (κ3) is 8.16. The molecule has 1 aliphatic heterocycles. The zero-order valence-electron chi connectivity index (χ0n) is 22.3. The van der Waals surface area contributed by atoms with Crippen LogP contribution in [-0.2, 0) is 16.0 Å². The number of benzene rings is 2. The highest BCUT2D eigenvalue weighted by Gasteiger charge is 2.35. The fourth-order valence-electron chi connectivity index (χ4n) is 4.28. The second-order valence-electron chi connectivity index (χ2n) is 10.4. The summed E-state index contributed by atoms with van der Waals surface area (Å²) in [5.74, 6) is 0.722. The summed E-state index contributed by atoms with van der Waals surface area (Å²) in [6.07, 6.45) is 3.20. The lowest BCUT2D eigenvalue weighted by Crippen LogP contribution is -2.54. The molecule has 2 atom stereocenters. The number of piperidine rings is 1. The number of hydrogen-bond acceptors (Lipinski definition) is 6. The lowest BCUT2D eigenvalue weighted by molar-refractivity contribution is -0.128. The van der Waals surface area contributed by atoms with Crippen molar-refractivity contribution in [2.24, 2.45) is 0 Å². The summed E-state index contributed by atoms with van der Waals surface area (Å²) in [5.41, 5.74) is 9.39. The highest BCUT2D eigenvalue weighted by Crippen LogP contribution is 2.30. The van der Waals surface area contributed by atoms with Crippen molar-refractivity contribution in [1.29, 1.82) is 5.26 Å². The fourth-order valence-corrected chi connectivity index (χ4v) is 5.09. The standard InChI is InChI=1S/C29H38N4O3S/c1-5-16-37-26-14-13-22(18-24(26)31)21-11-9-20(10-12-21)17-23(19-30)32-27(34)25-8-6-7-15-33(25)28(35)36-29(2,3)4/h9-14,18,23,25H,5-8,15-17,31H2,1-4H3,(H,32,34)/t23-,25-/m0/s1. The maximum absolute atomic E-state index is 13.1. The van der Waals surface area contributed by atoms with Gasteiger partial charge in [-0.1, -0.05) is 37.3 Å². The Bertz CT molecular complexity index is 1120. The number of hydrogen-bond donors (Lipinski definition) is 2. The molecule has 2 amide bonds. The van der Waals surface area contributed by atoms with E-state index in [-0.39, 0.29) is 5.91 Å². The fraction of sp³-hybridized carbons (Fsp3) is 0.483. The number of carbonyl (C=O) groups is 2. The number of nitriles is 1. The van der Waals surface area contributed by atoms with Gasteiger partial charge in [0, 0.05) is 23.5 Å². The SMILES string of the molecule is CCCSc1ccc(-c2ccc(C[C@@H](C#N)NC(=O)[C@@H]3CCCCN3C(=O)OC(C)(C)C)cc2)cc1N. The van der Waals surface area contributed by atoms with Crippen LogP contribution in [0.15, 0.2) is 47.4 Å². The summed E-state index contributed by atoms with van der Waals surface area (Å²) in [6.45, 7) is 8.03. The molecule has 0 unspecified atom stereocenters. The van der Waals surface area contributed by atoms with E-state index in [4.69, 9.17) is 10.5 Å². The second kappa shape index (κ2) is 12.9. The van der Waals surface area contributed by atoms with Crippen LogP contribution in [0.5, 0.6) is 0 Å². The lowest BCUT2D eigenvalue weighted by Gasteiger charge is -2.36. The van der Waals surface area contributed by atoms with Gasteiger partial charge in [-0.3, -0.25) is 9.69 Å². The molecule has 0 aliphatic carbocycles. The highest BCUT2D eigenvalue weighted by molar-refractivity contribution is 7.99. The predicted molar refractivity (Wildman–Crippen MR) is 149 cm³/mol. The minimum atomic E-state index is -0.703. The van der Waals surface area contributed by atoms with Crippen molar-refractivity contribution in [3.05, 3.63) is 48.0 Å². The van der Waals surface area contributed by atoms with Crippen LogP contribution >= 0.6 is 11.8 Å². The van der Waals surface area contributed by atoms with E-state index in [9.17, 15) is 14.9 Å². The number of carbonyl (C=O) groups excluding carboxylic acids is 2. The summed E-state index contributed by atoms with van der Waals surface area (Å²) < 4.78 is 5.50. The van der Waals surface area contributed by atoms with Crippen LogP contribution in [0.4, 0.5) is 10.5 Å². The summed E-state index contributed by atoms with van der Waals surface area (Å²) in [5, 5.41) is 12.6. The van der Waals surface area contributed by atoms with Crippen LogP contribution in [0, 0.1) is 11.3 Å². The first-order valence-electron chi connectivity index (χ1n) is 12.9. The quantitative estimate of drug-likeness (QED) is 0.336. The van der Waals surface area contributed by atoms with Crippen molar-refractivity contribution in [3.63, 3.8) is 0 Å². The Labute approximate surface area is 224 Å². The maximum Gasteiger partial charge on any atom is 0.410 e. The molecular weight excluding hydrogens is 484 g/mol. The van der Waals surface area contributed by atoms with E-state index in [1.54, 1.807) is 32.5 Å². The highest BCUT2D eigenvalue weighted by atomic mass is 32.2. The molecule has 2 aromatic carbocycles. The first-order chi connectivity index (χ1) is 17.6. The second-order valence-corrected chi connectivity index (χ2v) is 11.5. The van der Waals surface area contributed by atoms with Crippen LogP contribution < -0.4 is 11.1 Å². The number of rotatable bonds is 8. The van der Waals surface area contributed by atoms with E-state index in [2.05, 4.69) is 30.4 Å². The number of nitrogens with two attached hydrogens (primary N) is 1. The Kier molecular flexibility index (Phi) is 9.87. The molecule has 7 nitrogen and oxygen atoms in total. The normalized spacial score (nSPS) is 16.5. The van der Waals surface area contributed by atoms with E-state index in [1.165, 1.54) is 4.90 Å². The van der Waals surface area contributed by atoms with Crippen molar-refractivity contribution >= 4 is 29.4 Å². The smallest absolute Gasteiger partial charge is 0.410 e. The first kappa shape index (κ1) is 28.4. The molecule has 3 rings (SSSR count). The molecule has 3 N–H and O–H groups in total. The molecular formula is C29H38N4O3S. The molecule has 1 heterocycles. The van der Waals surface area contributed by atoms with Crippen LogP contribution in [0.1, 0.15) is 58.9 Å². The van der Waals surface area contributed by atoms with Crippen molar-refractivity contribution in [2.75, 3.05) is 18.0 Å². The molecule has 37 heavy (non-hydrogen) atoms. The van der Waals surface area contributed by atoms with E-state index < -0.39 is 23.8 Å². The van der Waals surface area contributed by atoms with Crippen LogP contribution in [-0.4, -0.2) is 46.9 Å². The van der Waals surface area contributed by atoms with E-state index in [1.807, 2.05) is 30.3 Å². The van der Waals surface area contributed by atoms with Crippen LogP contribution in [0.3, 0.4) is 0 Å². The summed E-state index contributed by atoms with van der Waals surface area (Å²) in [4.78, 5) is 28.3. The minimum absolute atomic E-state index is 0.315. The first-order valence-corrected chi connectivity index (χ1v) is 13.9. The molecule has 8 heteroatoms. The number of nitrogens with zero attached hydrogens (tertiary/aromatic N) is 2. The van der Waals surface area contributed by atoms with E-state index >= 15 is 0 Å². The molecule has 1 fully saturated rings. The molecule has 0 spiro atoms. The van der Waals surface area contributed by atoms with Crippen molar-refractivity contribution in [3.8, 4) is 17.2 Å². The lowest BCUT2D eigenvalue weighted by atomic mass is 9.99. The van der Waals surface area contributed by atoms with Gasteiger partial charge in [0.15, 0.2) is 0 Å². The number of likely N-dealkylation sites (tertiary alicyclic amines) is 1. The third-order valence-corrected chi connectivity index (χ3v) is 7.40. The molecule has 198 valence electrons. The Morgan fingerprint density at radius 2 is 1.89 bits per heavy atom. The van der Waals surface area contributed by atoms with Gasteiger partial charge >= 0.3 is 6.09 Å². The summed E-state index contributed by atoms with van der Waals surface area (Å²) >= 11 is 1.76. The molecule has 0 aromatic heterocycles. The molecule has 1 saturated heterocycles. The number of nitrogens with one attached hydrogen (secondary N) is 1. The van der Waals surface area contributed by atoms with Gasteiger partial charge in [-0.25, -0.2) is 4.79 Å². The number of nitrogen functional groups attached to an aromatic ring is 1. The molecule has 1 aliphatic rings. The van der Waals surface area contributed by atoms with Gasteiger partial charge in [-0.15, -0.1) is 11.8 Å². The van der Waals surface area contributed by atoms with Gasteiger partial charge in [-0.2, -0.15) is 5.26 Å². The van der Waals surface area contributed by atoms with Crippen molar-refractivity contribution < 1.29 is 14.3 Å². The maximum atomic E-state index is 13.1. The monoisotopic (exact) mass is 522 g/mol. The van der Waals surface area contributed by atoms with Gasteiger partial charge < -0.3 is 15.8 Å². The summed E-state index contributed by atoms with van der Waals surface area (Å²) in [7, 11) is 0. The topological polar surface area (TPSA) is 108 Å². The van der Waals surface area contributed by atoms with Crippen molar-refractivity contribution in [2.45, 2.75) is 82.4 Å². The largest absolute Gasteiger partial charge is 0.444 e. The van der Waals surface area contributed by atoms with E-state index in [0.717, 1.165) is 52.3 Å². The molecule has 2 aromatic rings. The molecule has 0 bridgehead atoms. The van der Waals surface area contributed by atoms with Gasteiger partial charge in [0.2, 0.25) is 5.91 Å². The third-order valence-electron chi connectivity index (χ3n) is 6.10. The Morgan fingerprint density at radius 3 is 2.51 bits per heavy atom. The van der Waals surface area contributed by atoms with Gasteiger partial charge in [0.25, 0.3) is 0 Å². The van der Waals surface area contributed by atoms with Gasteiger partial charge in [-0.05, 0) is 81.0 Å². The number of amides is 2. The number of anilines is 1. The Hall–Kier alpha value is -3.18. The predicted octanol–water partition coefficient (Wildman–Crippen LogP) is 5.78. The average Bonchev–Trinajstić information content (AvgIpc) is 2.87. The number of thioether (sulfide) groups is 1. The average molecular weight is 523 g/mol. The van der Waals surface area contributed by atoms with E-state index in [0.29, 0.717) is 19.4 Å². The van der Waals surface area contributed by atoms with Crippen molar-refractivity contribution in [1.82, 2.24) is 10.2 Å². The van der Waals surface area contributed by atoms with Gasteiger partial charge in [0.05, 0.1) is 6.07 Å². The molecule has 0 radical (unpaired) electrons. The zero-order chi connectivity index (χ0) is 27.0. The Morgan fingerprint density at radius 1 is 1.19 bits per heavy atom. The Balaban J connectivity index is 1.63. The zero-order valence-corrected chi connectivity index (χ0v) is 23.1. The van der Waals surface area contributed by atoms with Crippen LogP contribution in [0.25, 0.3) is 11.1 Å². The van der Waals surface area contributed by atoms with Gasteiger partial charge in [0.1, 0.15) is 17.7 Å². The minimum Gasteiger partial charge on any atom is -0.444 e.